The predicted octanol–water partition coefficient (Wildman–Crippen LogP) is 3.49. The number of hydrogen-bond donors (Lipinski definition) is 3. The maximum absolute atomic E-state index is 15.1. The van der Waals surface area contributed by atoms with Crippen molar-refractivity contribution in [3.63, 3.8) is 0 Å². The Morgan fingerprint density at radius 2 is 1.87 bits per heavy atom. The maximum Gasteiger partial charge on any atom is 0.278 e. The molecule has 0 aliphatic carbocycles. The van der Waals surface area contributed by atoms with E-state index in [9.17, 15) is 17.6 Å². The van der Waals surface area contributed by atoms with E-state index in [4.69, 9.17) is 0 Å². The van der Waals surface area contributed by atoms with Crippen LogP contribution in [0.15, 0.2) is 64.4 Å². The van der Waals surface area contributed by atoms with Crippen LogP contribution in [0.5, 0.6) is 0 Å². The fraction of sp³-hybridized carbons (Fsp3) is 0.308. The normalized spacial score (nSPS) is 17.9. The average molecular weight is 556 g/mol. The van der Waals surface area contributed by atoms with Crippen LogP contribution in [0.1, 0.15) is 26.3 Å². The van der Waals surface area contributed by atoms with Gasteiger partial charge in [-0.05, 0) is 38.1 Å². The Morgan fingerprint density at radius 1 is 1.10 bits per heavy atom. The van der Waals surface area contributed by atoms with Gasteiger partial charge in [0.25, 0.3) is 15.6 Å². The highest BCUT2D eigenvalue weighted by molar-refractivity contribution is 7.92. The van der Waals surface area contributed by atoms with E-state index in [0.717, 1.165) is 6.07 Å². The van der Waals surface area contributed by atoms with E-state index < -0.39 is 27.6 Å². The quantitative estimate of drug-likeness (QED) is 0.316. The van der Waals surface area contributed by atoms with Crippen molar-refractivity contribution < 1.29 is 17.2 Å². The molecule has 39 heavy (non-hydrogen) atoms. The monoisotopic (exact) mass is 555 g/mol. The summed E-state index contributed by atoms with van der Waals surface area (Å²) >= 11 is 0. The van der Waals surface area contributed by atoms with Gasteiger partial charge in [0.2, 0.25) is 5.95 Å². The standard InChI is InChI=1S/C26H27F2N7O3S/c1-15(2)35-24-22(14-30-26(33-24)31-18-11-17(27)12-29-13-18)32-23(25(35)36)16-8-9-21(20(28)10-16)34-39(37,38)19-6-4-3-5-7-19/h3-10,14-15,17-18,29,34H,11-13H2,1-2H3,(H,30,31,33)/t17-,18-/m0/s1. The first kappa shape index (κ1) is 26.6. The Kier molecular flexibility index (Phi) is 7.28. The molecule has 5 rings (SSSR count). The second-order valence-electron chi connectivity index (χ2n) is 9.58. The summed E-state index contributed by atoms with van der Waals surface area (Å²) in [7, 11) is -4.00. The molecule has 13 heteroatoms. The molecule has 0 unspecified atom stereocenters. The number of aromatic nitrogens is 4. The SMILES string of the molecule is CC(C)n1c(=O)c(-c2ccc(NS(=O)(=O)c3ccccc3)c(F)c2)nc2cnc(N[C@@H]3CNC[C@@H](F)C3)nc21. The van der Waals surface area contributed by atoms with Gasteiger partial charge in [-0.2, -0.15) is 4.98 Å². The number of sulfonamides is 1. The van der Waals surface area contributed by atoms with Gasteiger partial charge in [-0.1, -0.05) is 24.3 Å². The molecule has 0 spiro atoms. The lowest BCUT2D eigenvalue weighted by Gasteiger charge is -2.26. The van der Waals surface area contributed by atoms with Gasteiger partial charge in [-0.3, -0.25) is 14.1 Å². The highest BCUT2D eigenvalue weighted by Gasteiger charge is 2.23. The molecular formula is C26H27F2N7O3S. The smallest absolute Gasteiger partial charge is 0.278 e. The molecule has 0 amide bonds. The van der Waals surface area contributed by atoms with Crippen molar-refractivity contribution >= 4 is 32.8 Å². The third kappa shape index (κ3) is 5.59. The summed E-state index contributed by atoms with van der Waals surface area (Å²) in [6.45, 7) is 4.47. The Balaban J connectivity index is 1.49. The Bertz CT molecular complexity index is 1680. The first-order chi connectivity index (χ1) is 18.6. The van der Waals surface area contributed by atoms with E-state index in [1.807, 2.05) is 0 Å². The topological polar surface area (TPSA) is 131 Å². The molecular weight excluding hydrogens is 528 g/mol. The van der Waals surface area contributed by atoms with Crippen LogP contribution >= 0.6 is 0 Å². The van der Waals surface area contributed by atoms with Crippen LogP contribution in [-0.4, -0.2) is 53.2 Å². The highest BCUT2D eigenvalue weighted by atomic mass is 32.2. The van der Waals surface area contributed by atoms with Crippen LogP contribution in [0.2, 0.25) is 0 Å². The summed E-state index contributed by atoms with van der Waals surface area (Å²) in [5, 5.41) is 6.11. The Hall–Kier alpha value is -3.97. The molecule has 1 aliphatic heterocycles. The molecule has 0 radical (unpaired) electrons. The fourth-order valence-corrected chi connectivity index (χ4v) is 5.56. The van der Waals surface area contributed by atoms with E-state index in [2.05, 4.69) is 30.3 Å². The fourth-order valence-electron chi connectivity index (χ4n) is 4.47. The van der Waals surface area contributed by atoms with Gasteiger partial charge in [0.15, 0.2) is 5.65 Å². The van der Waals surface area contributed by atoms with Gasteiger partial charge in [0.05, 0.1) is 16.8 Å². The lowest BCUT2D eigenvalue weighted by molar-refractivity contribution is 0.254. The molecule has 3 N–H and O–H groups in total. The number of anilines is 2. The molecule has 1 fully saturated rings. The van der Waals surface area contributed by atoms with Crippen molar-refractivity contribution in [3.8, 4) is 11.3 Å². The van der Waals surface area contributed by atoms with E-state index >= 15 is 4.39 Å². The Morgan fingerprint density at radius 3 is 2.56 bits per heavy atom. The minimum atomic E-state index is -4.00. The van der Waals surface area contributed by atoms with Crippen molar-refractivity contribution in [2.45, 2.75) is 43.4 Å². The van der Waals surface area contributed by atoms with Gasteiger partial charge in [0, 0.05) is 37.2 Å². The van der Waals surface area contributed by atoms with Crippen LogP contribution in [0.25, 0.3) is 22.4 Å². The van der Waals surface area contributed by atoms with E-state index in [1.54, 1.807) is 32.0 Å². The third-order valence-electron chi connectivity index (χ3n) is 6.32. The highest BCUT2D eigenvalue weighted by Crippen LogP contribution is 2.26. The first-order valence-electron chi connectivity index (χ1n) is 12.4. The van der Waals surface area contributed by atoms with E-state index in [0.29, 0.717) is 25.0 Å². The molecule has 10 nitrogen and oxygen atoms in total. The van der Waals surface area contributed by atoms with Crippen LogP contribution < -0.4 is 20.9 Å². The first-order valence-corrected chi connectivity index (χ1v) is 13.9. The second-order valence-corrected chi connectivity index (χ2v) is 11.3. The van der Waals surface area contributed by atoms with Gasteiger partial charge >= 0.3 is 0 Å². The lowest BCUT2D eigenvalue weighted by atomic mass is 10.1. The van der Waals surface area contributed by atoms with Crippen molar-refractivity contribution in [1.29, 1.82) is 0 Å². The van der Waals surface area contributed by atoms with E-state index in [-0.39, 0.29) is 45.5 Å². The largest absolute Gasteiger partial charge is 0.350 e. The minimum absolute atomic E-state index is 0.0115. The molecule has 0 bridgehead atoms. The van der Waals surface area contributed by atoms with E-state index in [1.165, 1.54) is 35.0 Å². The van der Waals surface area contributed by atoms with Gasteiger partial charge in [-0.15, -0.1) is 0 Å². The number of nitrogens with one attached hydrogen (secondary N) is 3. The zero-order valence-corrected chi connectivity index (χ0v) is 22.0. The summed E-state index contributed by atoms with van der Waals surface area (Å²) in [5.41, 5.74) is -0.0380. The molecule has 0 saturated carbocycles. The molecule has 2 aromatic heterocycles. The molecule has 1 saturated heterocycles. The summed E-state index contributed by atoms with van der Waals surface area (Å²) in [6, 6.07) is 10.8. The summed E-state index contributed by atoms with van der Waals surface area (Å²) in [5.74, 6) is -0.625. The number of piperidine rings is 1. The molecule has 2 atom stereocenters. The van der Waals surface area contributed by atoms with Crippen molar-refractivity contribution in [2.75, 3.05) is 23.1 Å². The minimum Gasteiger partial charge on any atom is -0.350 e. The summed E-state index contributed by atoms with van der Waals surface area (Å²) in [6.07, 6.45) is 0.787. The van der Waals surface area contributed by atoms with Crippen LogP contribution in [0, 0.1) is 5.82 Å². The van der Waals surface area contributed by atoms with Crippen molar-refractivity contribution in [2.24, 2.45) is 0 Å². The molecule has 2 aromatic carbocycles. The van der Waals surface area contributed by atoms with Gasteiger partial charge in [0.1, 0.15) is 23.2 Å². The summed E-state index contributed by atoms with van der Waals surface area (Å²) in [4.78, 5) is 26.7. The number of benzene rings is 2. The summed E-state index contributed by atoms with van der Waals surface area (Å²) < 4.78 is 57.7. The van der Waals surface area contributed by atoms with Crippen LogP contribution in [-0.2, 0) is 10.0 Å². The molecule has 1 aliphatic rings. The van der Waals surface area contributed by atoms with Crippen molar-refractivity contribution in [1.82, 2.24) is 24.8 Å². The third-order valence-corrected chi connectivity index (χ3v) is 7.70. The number of hydrogen-bond acceptors (Lipinski definition) is 8. The van der Waals surface area contributed by atoms with Gasteiger partial charge < -0.3 is 10.6 Å². The Labute approximate surface area is 223 Å². The van der Waals surface area contributed by atoms with Crippen LogP contribution in [0.4, 0.5) is 20.4 Å². The second kappa shape index (κ2) is 10.7. The predicted molar refractivity (Wildman–Crippen MR) is 144 cm³/mol. The molecule has 3 heterocycles. The van der Waals surface area contributed by atoms with Gasteiger partial charge in [-0.25, -0.2) is 27.2 Å². The zero-order valence-electron chi connectivity index (χ0n) is 21.2. The lowest BCUT2D eigenvalue weighted by Crippen LogP contribution is -2.44. The average Bonchev–Trinajstić information content (AvgIpc) is 2.90. The number of alkyl halides is 1. The number of halogens is 2. The number of rotatable bonds is 7. The zero-order chi connectivity index (χ0) is 27.7. The van der Waals surface area contributed by atoms with Crippen LogP contribution in [0.3, 0.4) is 0 Å². The molecule has 4 aromatic rings. The molecule has 204 valence electrons. The maximum atomic E-state index is 15.1. The number of fused-ring (bicyclic) bond motifs is 1. The number of nitrogens with zero attached hydrogens (tertiary/aromatic N) is 4. The van der Waals surface area contributed by atoms with Crippen molar-refractivity contribution in [3.05, 3.63) is 70.9 Å².